The molecule has 3 aromatic rings. The fourth-order valence-electron chi connectivity index (χ4n) is 2.85. The first-order valence-corrected chi connectivity index (χ1v) is 9.21. The first kappa shape index (κ1) is 22.3. The number of amides is 1. The lowest BCUT2D eigenvalue weighted by molar-refractivity contribution is 0.0920. The molecule has 0 fully saturated rings. The van der Waals surface area contributed by atoms with Crippen LogP contribution in [0.4, 0.5) is 22.0 Å². The molecule has 0 atom stereocenters. The van der Waals surface area contributed by atoms with Crippen molar-refractivity contribution in [1.29, 1.82) is 0 Å². The molecule has 0 radical (unpaired) electrons. The molecule has 0 saturated heterocycles. The third-order valence-corrected chi connectivity index (χ3v) is 4.35. The van der Waals surface area contributed by atoms with E-state index in [1.165, 1.54) is 12.1 Å². The van der Waals surface area contributed by atoms with E-state index >= 15 is 0 Å². The molecule has 31 heavy (non-hydrogen) atoms. The van der Waals surface area contributed by atoms with Gasteiger partial charge in [0.2, 0.25) is 29.1 Å². The molecule has 0 spiro atoms. The quantitative estimate of drug-likeness (QED) is 0.245. The highest BCUT2D eigenvalue weighted by molar-refractivity contribution is 5.91. The van der Waals surface area contributed by atoms with Crippen LogP contribution >= 0.6 is 0 Å². The van der Waals surface area contributed by atoms with Gasteiger partial charge >= 0.3 is 0 Å². The zero-order valence-corrected chi connectivity index (χ0v) is 16.6. The smallest absolute Gasteiger partial charge is 0.286 e. The molecule has 11 heteroatoms. The third-order valence-electron chi connectivity index (χ3n) is 4.35. The number of ether oxygens (including phenoxy) is 1. The maximum atomic E-state index is 13.6. The van der Waals surface area contributed by atoms with Gasteiger partial charge in [0, 0.05) is 18.8 Å². The number of hydrogen-bond donors (Lipinski definition) is 1. The van der Waals surface area contributed by atoms with Crippen molar-refractivity contribution in [2.75, 3.05) is 6.54 Å². The predicted octanol–water partition coefficient (Wildman–Crippen LogP) is 4.19. The topological polar surface area (TPSA) is 69.3 Å². The van der Waals surface area contributed by atoms with Crippen LogP contribution in [0.25, 0.3) is 0 Å². The maximum absolute atomic E-state index is 13.6. The number of nitrogens with one attached hydrogen (secondary N) is 1. The first-order valence-electron chi connectivity index (χ1n) is 9.21. The van der Waals surface area contributed by atoms with Crippen molar-refractivity contribution in [3.8, 4) is 5.75 Å². The van der Waals surface area contributed by atoms with Gasteiger partial charge < -0.3 is 14.5 Å². The molecule has 2 aromatic heterocycles. The summed E-state index contributed by atoms with van der Waals surface area (Å²) in [4.78, 5) is 12.1. The van der Waals surface area contributed by atoms with E-state index in [0.29, 0.717) is 19.5 Å². The van der Waals surface area contributed by atoms with Gasteiger partial charge in [-0.05, 0) is 38.5 Å². The highest BCUT2D eigenvalue weighted by atomic mass is 19.2. The van der Waals surface area contributed by atoms with Gasteiger partial charge in [-0.3, -0.25) is 9.48 Å². The van der Waals surface area contributed by atoms with Gasteiger partial charge in [0.1, 0.15) is 12.4 Å². The molecular weight excluding hydrogens is 425 g/mol. The van der Waals surface area contributed by atoms with E-state index in [2.05, 4.69) is 10.4 Å². The predicted molar refractivity (Wildman–Crippen MR) is 97.9 cm³/mol. The Labute approximate surface area is 173 Å². The molecular formula is C20H18F5N3O3. The van der Waals surface area contributed by atoms with Gasteiger partial charge in [-0.1, -0.05) is 0 Å². The summed E-state index contributed by atoms with van der Waals surface area (Å²) >= 11 is 0. The number of rotatable bonds is 8. The second-order valence-electron chi connectivity index (χ2n) is 6.71. The average molecular weight is 443 g/mol. The molecule has 0 saturated carbocycles. The zero-order chi connectivity index (χ0) is 22.7. The third kappa shape index (κ3) is 4.86. The molecule has 166 valence electrons. The van der Waals surface area contributed by atoms with Crippen molar-refractivity contribution < 1.29 is 35.9 Å². The van der Waals surface area contributed by atoms with Crippen molar-refractivity contribution in [1.82, 2.24) is 15.1 Å². The second kappa shape index (κ2) is 9.19. The van der Waals surface area contributed by atoms with E-state index in [1.54, 1.807) is 0 Å². The summed E-state index contributed by atoms with van der Waals surface area (Å²) in [5.41, 5.74) is 1.91. The van der Waals surface area contributed by atoms with E-state index in [9.17, 15) is 26.7 Å². The van der Waals surface area contributed by atoms with E-state index in [-0.39, 0.29) is 11.5 Å². The molecule has 0 bridgehead atoms. The van der Waals surface area contributed by atoms with Gasteiger partial charge in [0.05, 0.1) is 5.69 Å². The standard InChI is InChI=1S/C20H18F5N3O3/c1-10-8-11(2)28(27-10)7-3-6-26-20(29)13-5-4-12(31-13)9-30-19-17(24)15(22)14(21)16(23)18(19)25/h4-5,8H,3,6-7,9H2,1-2H3,(H,26,29). The van der Waals surface area contributed by atoms with Crippen LogP contribution in [0, 0.1) is 42.9 Å². The summed E-state index contributed by atoms with van der Waals surface area (Å²) in [7, 11) is 0. The summed E-state index contributed by atoms with van der Waals surface area (Å²) in [5.74, 6) is -12.8. The fourth-order valence-corrected chi connectivity index (χ4v) is 2.85. The Morgan fingerprint density at radius 2 is 1.71 bits per heavy atom. The number of carbonyl (C=O) groups excluding carboxylic acids is 1. The van der Waals surface area contributed by atoms with Crippen molar-refractivity contribution in [2.24, 2.45) is 0 Å². The van der Waals surface area contributed by atoms with Crippen LogP contribution < -0.4 is 10.1 Å². The minimum Gasteiger partial charge on any atom is -0.479 e. The minimum absolute atomic E-state index is 0.0447. The zero-order valence-electron chi connectivity index (χ0n) is 16.6. The van der Waals surface area contributed by atoms with Gasteiger partial charge in [-0.15, -0.1) is 0 Å². The van der Waals surface area contributed by atoms with E-state index < -0.39 is 47.3 Å². The lowest BCUT2D eigenvalue weighted by Crippen LogP contribution is -2.25. The lowest BCUT2D eigenvalue weighted by atomic mass is 10.2. The average Bonchev–Trinajstić information content (AvgIpc) is 3.34. The van der Waals surface area contributed by atoms with Gasteiger partial charge in [0.15, 0.2) is 11.5 Å². The fraction of sp³-hybridized carbons (Fsp3) is 0.300. The lowest BCUT2D eigenvalue weighted by Gasteiger charge is -2.09. The van der Waals surface area contributed by atoms with Gasteiger partial charge in [-0.2, -0.15) is 13.9 Å². The largest absolute Gasteiger partial charge is 0.479 e. The summed E-state index contributed by atoms with van der Waals surface area (Å²) in [6, 6.07) is 4.53. The molecule has 3 rings (SSSR count). The normalized spacial score (nSPS) is 11.1. The molecule has 1 aromatic carbocycles. The number of furan rings is 1. The molecule has 1 N–H and O–H groups in total. The number of aryl methyl sites for hydroxylation is 3. The minimum atomic E-state index is -2.28. The number of aromatic nitrogens is 2. The molecule has 0 unspecified atom stereocenters. The Balaban J connectivity index is 1.53. The number of benzene rings is 1. The van der Waals surface area contributed by atoms with E-state index in [0.717, 1.165) is 11.4 Å². The van der Waals surface area contributed by atoms with Crippen molar-refractivity contribution >= 4 is 5.91 Å². The van der Waals surface area contributed by atoms with Crippen LogP contribution in [0.5, 0.6) is 5.75 Å². The van der Waals surface area contributed by atoms with Crippen LogP contribution in [-0.4, -0.2) is 22.2 Å². The molecule has 2 heterocycles. The van der Waals surface area contributed by atoms with Gasteiger partial charge in [0.25, 0.3) is 5.91 Å². The summed E-state index contributed by atoms with van der Waals surface area (Å²) in [6.45, 7) is 4.11. The summed E-state index contributed by atoms with van der Waals surface area (Å²) < 4.78 is 78.4. The number of carbonyl (C=O) groups is 1. The van der Waals surface area contributed by atoms with Crippen molar-refractivity contribution in [2.45, 2.75) is 33.4 Å². The molecule has 0 aliphatic heterocycles. The summed E-state index contributed by atoms with van der Waals surface area (Å²) in [6.07, 6.45) is 0.616. The Kier molecular flexibility index (Phi) is 6.62. The Morgan fingerprint density at radius 3 is 2.32 bits per heavy atom. The molecule has 6 nitrogen and oxygen atoms in total. The highest BCUT2D eigenvalue weighted by Crippen LogP contribution is 2.29. The number of nitrogens with zero attached hydrogens (tertiary/aromatic N) is 2. The van der Waals surface area contributed by atoms with Crippen molar-refractivity contribution in [3.63, 3.8) is 0 Å². The Hall–Kier alpha value is -3.37. The van der Waals surface area contributed by atoms with Crippen LogP contribution in [0.1, 0.15) is 34.1 Å². The maximum Gasteiger partial charge on any atom is 0.286 e. The number of halogens is 5. The Bertz CT molecular complexity index is 1080. The van der Waals surface area contributed by atoms with Crippen LogP contribution in [0.2, 0.25) is 0 Å². The van der Waals surface area contributed by atoms with Crippen LogP contribution in [-0.2, 0) is 13.2 Å². The summed E-state index contributed by atoms with van der Waals surface area (Å²) in [5, 5.41) is 6.96. The van der Waals surface area contributed by atoms with E-state index in [4.69, 9.17) is 9.15 Å². The molecule has 0 aliphatic rings. The van der Waals surface area contributed by atoms with E-state index in [1.807, 2.05) is 24.6 Å². The second-order valence-corrected chi connectivity index (χ2v) is 6.71. The SMILES string of the molecule is Cc1cc(C)n(CCCNC(=O)c2ccc(COc3c(F)c(F)c(F)c(F)c3F)o2)n1. The highest BCUT2D eigenvalue weighted by Gasteiger charge is 2.27. The van der Waals surface area contributed by atoms with Gasteiger partial charge in [-0.25, -0.2) is 13.2 Å². The first-order chi connectivity index (χ1) is 14.7. The van der Waals surface area contributed by atoms with Crippen molar-refractivity contribution in [3.05, 3.63) is 70.2 Å². The molecule has 1 amide bonds. The van der Waals surface area contributed by atoms with Crippen LogP contribution in [0.3, 0.4) is 0 Å². The molecule has 0 aliphatic carbocycles. The monoisotopic (exact) mass is 443 g/mol. The Morgan fingerprint density at radius 1 is 1.06 bits per heavy atom. The van der Waals surface area contributed by atoms with Crippen LogP contribution in [0.15, 0.2) is 22.6 Å². The number of hydrogen-bond acceptors (Lipinski definition) is 4.